The zero-order valence-electron chi connectivity index (χ0n) is 8.32. The first-order chi connectivity index (χ1) is 6.79. The fourth-order valence-electron chi connectivity index (χ4n) is 1.10. The van der Waals surface area contributed by atoms with Crippen molar-refractivity contribution in [1.82, 2.24) is 5.32 Å². The van der Waals surface area contributed by atoms with Crippen molar-refractivity contribution in [2.45, 2.75) is 13.5 Å². The zero-order chi connectivity index (χ0) is 10.2. The van der Waals surface area contributed by atoms with Gasteiger partial charge in [0.2, 0.25) is 0 Å². The van der Waals surface area contributed by atoms with Gasteiger partial charge in [-0.15, -0.1) is 0 Å². The second-order valence-electron chi connectivity index (χ2n) is 3.00. The van der Waals surface area contributed by atoms with Gasteiger partial charge in [-0.3, -0.25) is 4.79 Å². The molecular formula is C11H15NO2. The second-order valence-corrected chi connectivity index (χ2v) is 3.00. The molecule has 0 saturated carbocycles. The van der Waals surface area contributed by atoms with Crippen molar-refractivity contribution in [3.63, 3.8) is 0 Å². The molecule has 1 aromatic rings. The summed E-state index contributed by atoms with van der Waals surface area (Å²) in [5.74, 6) is -0.230. The van der Waals surface area contributed by atoms with Crippen LogP contribution in [0.4, 0.5) is 0 Å². The average Bonchev–Trinajstić information content (AvgIpc) is 2.18. The van der Waals surface area contributed by atoms with Crippen molar-refractivity contribution < 1.29 is 9.53 Å². The van der Waals surface area contributed by atoms with Gasteiger partial charge in [0.25, 0.3) is 0 Å². The average molecular weight is 193 g/mol. The molecule has 0 aromatic heterocycles. The summed E-state index contributed by atoms with van der Waals surface area (Å²) in [6.07, 6.45) is 0. The molecule has 0 atom stereocenters. The fourth-order valence-corrected chi connectivity index (χ4v) is 1.10. The Morgan fingerprint density at radius 2 is 2.07 bits per heavy atom. The number of nitrogens with one attached hydrogen (secondary N) is 1. The minimum atomic E-state index is -0.230. The number of carbonyl (C=O) groups excluding carboxylic acids is 1. The fraction of sp³-hybridized carbons (Fsp3) is 0.364. The molecule has 0 spiro atoms. The van der Waals surface area contributed by atoms with Gasteiger partial charge >= 0.3 is 5.97 Å². The summed E-state index contributed by atoms with van der Waals surface area (Å²) in [7, 11) is 0. The number of rotatable bonds is 5. The molecule has 3 heteroatoms. The quantitative estimate of drug-likeness (QED) is 0.566. The van der Waals surface area contributed by atoms with E-state index < -0.39 is 0 Å². The van der Waals surface area contributed by atoms with Crippen molar-refractivity contribution in [3.05, 3.63) is 35.9 Å². The lowest BCUT2D eigenvalue weighted by molar-refractivity contribution is -0.140. The van der Waals surface area contributed by atoms with Gasteiger partial charge in [0.05, 0.1) is 0 Å². The predicted octanol–water partition coefficient (Wildman–Crippen LogP) is 1.34. The molecule has 0 aliphatic rings. The molecule has 0 fully saturated rings. The lowest BCUT2D eigenvalue weighted by atomic mass is 10.2. The Balaban J connectivity index is 2.08. The topological polar surface area (TPSA) is 38.3 Å². The van der Waals surface area contributed by atoms with E-state index in [1.807, 2.05) is 18.2 Å². The molecule has 0 radical (unpaired) electrons. The van der Waals surface area contributed by atoms with Gasteiger partial charge < -0.3 is 10.1 Å². The Kier molecular flexibility index (Phi) is 4.72. The van der Waals surface area contributed by atoms with Crippen LogP contribution in [0, 0.1) is 0 Å². The lowest BCUT2D eigenvalue weighted by Gasteiger charge is -2.04. The predicted molar refractivity (Wildman–Crippen MR) is 54.8 cm³/mol. The van der Waals surface area contributed by atoms with Gasteiger partial charge in [-0.2, -0.15) is 0 Å². The maximum atomic E-state index is 10.4. The number of esters is 1. The van der Waals surface area contributed by atoms with Crippen LogP contribution in [0.3, 0.4) is 0 Å². The summed E-state index contributed by atoms with van der Waals surface area (Å²) in [4.78, 5) is 10.4. The Bertz CT molecular complexity index is 272. The second kappa shape index (κ2) is 6.16. The molecule has 3 nitrogen and oxygen atoms in total. The van der Waals surface area contributed by atoms with E-state index in [-0.39, 0.29) is 5.97 Å². The molecule has 0 saturated heterocycles. The number of benzene rings is 1. The van der Waals surface area contributed by atoms with E-state index in [1.165, 1.54) is 12.5 Å². The largest absolute Gasteiger partial charge is 0.465 e. The van der Waals surface area contributed by atoms with E-state index in [0.29, 0.717) is 13.2 Å². The van der Waals surface area contributed by atoms with Crippen LogP contribution in [0.25, 0.3) is 0 Å². The molecule has 0 amide bonds. The van der Waals surface area contributed by atoms with E-state index in [9.17, 15) is 4.79 Å². The molecule has 1 rings (SSSR count). The Morgan fingerprint density at radius 1 is 1.36 bits per heavy atom. The standard InChI is InChI=1S/C11H15NO2/c1-10(13)14-8-7-12-9-11-5-3-2-4-6-11/h2-6,12H,7-9H2,1H3. The van der Waals surface area contributed by atoms with Gasteiger partial charge in [0.1, 0.15) is 6.61 Å². The summed E-state index contributed by atoms with van der Waals surface area (Å²) >= 11 is 0. The summed E-state index contributed by atoms with van der Waals surface area (Å²) in [6, 6.07) is 10.1. The van der Waals surface area contributed by atoms with Crippen molar-refractivity contribution >= 4 is 5.97 Å². The number of carbonyl (C=O) groups is 1. The van der Waals surface area contributed by atoms with Gasteiger partial charge in [-0.1, -0.05) is 30.3 Å². The molecule has 14 heavy (non-hydrogen) atoms. The molecule has 0 aliphatic heterocycles. The third-order valence-corrected chi connectivity index (χ3v) is 1.76. The minimum absolute atomic E-state index is 0.230. The third kappa shape index (κ3) is 4.62. The normalized spacial score (nSPS) is 9.79. The number of ether oxygens (including phenoxy) is 1. The van der Waals surface area contributed by atoms with Crippen molar-refractivity contribution in [2.75, 3.05) is 13.2 Å². The third-order valence-electron chi connectivity index (χ3n) is 1.76. The first kappa shape index (κ1) is 10.7. The van der Waals surface area contributed by atoms with Crippen molar-refractivity contribution in [1.29, 1.82) is 0 Å². The van der Waals surface area contributed by atoms with Crippen LogP contribution >= 0.6 is 0 Å². The van der Waals surface area contributed by atoms with Crippen molar-refractivity contribution in [3.8, 4) is 0 Å². The Labute approximate surface area is 84.1 Å². The molecule has 1 aromatic carbocycles. The number of hydrogen-bond acceptors (Lipinski definition) is 3. The Hall–Kier alpha value is -1.35. The maximum absolute atomic E-state index is 10.4. The molecule has 76 valence electrons. The highest BCUT2D eigenvalue weighted by atomic mass is 16.5. The summed E-state index contributed by atoms with van der Waals surface area (Å²) in [6.45, 7) is 3.34. The minimum Gasteiger partial charge on any atom is -0.465 e. The van der Waals surface area contributed by atoms with E-state index in [4.69, 9.17) is 4.74 Å². The first-order valence-corrected chi connectivity index (χ1v) is 4.67. The van der Waals surface area contributed by atoms with Crippen LogP contribution in [0.2, 0.25) is 0 Å². The van der Waals surface area contributed by atoms with E-state index in [1.54, 1.807) is 0 Å². The highest BCUT2D eigenvalue weighted by Crippen LogP contribution is 1.96. The molecule has 0 aliphatic carbocycles. The smallest absolute Gasteiger partial charge is 0.302 e. The summed E-state index contributed by atoms with van der Waals surface area (Å²) < 4.78 is 4.78. The summed E-state index contributed by atoms with van der Waals surface area (Å²) in [5.41, 5.74) is 1.23. The molecular weight excluding hydrogens is 178 g/mol. The number of hydrogen-bond donors (Lipinski definition) is 1. The Morgan fingerprint density at radius 3 is 2.71 bits per heavy atom. The van der Waals surface area contributed by atoms with E-state index in [2.05, 4.69) is 17.4 Å². The van der Waals surface area contributed by atoms with Gasteiger partial charge in [0.15, 0.2) is 0 Å². The SMILES string of the molecule is CC(=O)OCCNCc1ccccc1. The highest BCUT2D eigenvalue weighted by molar-refractivity contribution is 5.65. The van der Waals surface area contributed by atoms with Crippen LogP contribution < -0.4 is 5.32 Å². The first-order valence-electron chi connectivity index (χ1n) is 4.67. The monoisotopic (exact) mass is 193 g/mol. The summed E-state index contributed by atoms with van der Waals surface area (Å²) in [5, 5.41) is 3.18. The van der Waals surface area contributed by atoms with Gasteiger partial charge in [-0.25, -0.2) is 0 Å². The molecule has 0 heterocycles. The highest BCUT2D eigenvalue weighted by Gasteiger charge is 1.92. The van der Waals surface area contributed by atoms with E-state index >= 15 is 0 Å². The molecule has 0 bridgehead atoms. The van der Waals surface area contributed by atoms with Crippen LogP contribution in [-0.4, -0.2) is 19.1 Å². The maximum Gasteiger partial charge on any atom is 0.302 e. The van der Waals surface area contributed by atoms with Gasteiger partial charge in [0, 0.05) is 20.0 Å². The lowest BCUT2D eigenvalue weighted by Crippen LogP contribution is -2.20. The van der Waals surface area contributed by atoms with Crippen LogP contribution in [0.15, 0.2) is 30.3 Å². The molecule has 0 unspecified atom stereocenters. The van der Waals surface area contributed by atoms with Gasteiger partial charge in [-0.05, 0) is 5.56 Å². The van der Waals surface area contributed by atoms with Crippen molar-refractivity contribution in [2.24, 2.45) is 0 Å². The zero-order valence-corrected chi connectivity index (χ0v) is 8.32. The van der Waals surface area contributed by atoms with Crippen LogP contribution in [0.1, 0.15) is 12.5 Å². The van der Waals surface area contributed by atoms with Crippen LogP contribution in [0.5, 0.6) is 0 Å². The van der Waals surface area contributed by atoms with Crippen LogP contribution in [-0.2, 0) is 16.1 Å². The van der Waals surface area contributed by atoms with E-state index in [0.717, 1.165) is 6.54 Å². The molecule has 1 N–H and O–H groups in total.